The first-order valence-corrected chi connectivity index (χ1v) is 14.1. The van der Waals surface area contributed by atoms with E-state index in [0.717, 1.165) is 12.1 Å². The summed E-state index contributed by atoms with van der Waals surface area (Å²) in [6.45, 7) is 17.9. The van der Waals surface area contributed by atoms with Crippen LogP contribution in [-0.2, 0) is 9.16 Å². The molecule has 1 aliphatic rings. The molecular weight excluding hydrogens is 439 g/mol. The van der Waals surface area contributed by atoms with Crippen molar-refractivity contribution in [1.82, 2.24) is 4.90 Å². The van der Waals surface area contributed by atoms with E-state index in [1.807, 2.05) is 32.9 Å². The fourth-order valence-corrected chi connectivity index (χ4v) is 5.03. The van der Waals surface area contributed by atoms with Gasteiger partial charge in [-0.1, -0.05) is 44.0 Å². The van der Waals surface area contributed by atoms with E-state index in [4.69, 9.17) is 32.4 Å². The minimum atomic E-state index is -1.99. The van der Waals surface area contributed by atoms with E-state index in [1.54, 1.807) is 11.0 Å². The van der Waals surface area contributed by atoms with Crippen molar-refractivity contribution >= 4 is 43.3 Å². The number of halogens is 2. The van der Waals surface area contributed by atoms with Crippen LogP contribution in [0, 0.1) is 0 Å². The molecule has 1 heterocycles. The van der Waals surface area contributed by atoms with Crippen LogP contribution in [0.2, 0.25) is 28.2 Å². The Morgan fingerprint density at radius 1 is 1.10 bits per heavy atom. The Balaban J connectivity index is 2.25. The van der Waals surface area contributed by atoms with E-state index in [0.29, 0.717) is 23.1 Å². The maximum atomic E-state index is 12.7. The Morgan fingerprint density at radius 3 is 2.17 bits per heavy atom. The molecule has 2 rings (SSSR count). The summed E-state index contributed by atoms with van der Waals surface area (Å²) >= 11 is 12.4. The molecule has 1 N–H and O–H groups in total. The number of benzene rings is 1. The average molecular weight is 476 g/mol. The van der Waals surface area contributed by atoms with Gasteiger partial charge < -0.3 is 19.4 Å². The van der Waals surface area contributed by atoms with Crippen LogP contribution >= 0.6 is 23.2 Å². The van der Waals surface area contributed by atoms with Gasteiger partial charge in [-0.05, 0) is 63.5 Å². The lowest BCUT2D eigenvalue weighted by Gasteiger charge is -2.45. The molecule has 1 aromatic rings. The van der Waals surface area contributed by atoms with Gasteiger partial charge in [0.05, 0.1) is 12.1 Å². The number of carbonyl (C=O) groups excluding carboxylic acids is 1. The number of anilines is 1. The minimum absolute atomic E-state index is 0.0256. The first-order valence-electron chi connectivity index (χ1n) is 10.5. The van der Waals surface area contributed by atoms with E-state index >= 15 is 0 Å². The van der Waals surface area contributed by atoms with Crippen molar-refractivity contribution in [1.29, 1.82) is 0 Å². The van der Waals surface area contributed by atoms with Gasteiger partial charge in [0.2, 0.25) is 0 Å². The van der Waals surface area contributed by atoms with E-state index in [9.17, 15) is 4.79 Å². The molecule has 1 amide bonds. The van der Waals surface area contributed by atoms with Gasteiger partial charge in [-0.25, -0.2) is 4.79 Å². The predicted octanol–water partition coefficient (Wildman–Crippen LogP) is 6.81. The zero-order valence-corrected chi connectivity index (χ0v) is 21.9. The predicted molar refractivity (Wildman–Crippen MR) is 128 cm³/mol. The van der Waals surface area contributed by atoms with E-state index in [1.165, 1.54) is 0 Å². The molecule has 30 heavy (non-hydrogen) atoms. The normalized spacial score (nSPS) is 20.8. The quantitative estimate of drug-likeness (QED) is 0.487. The van der Waals surface area contributed by atoms with Crippen LogP contribution in [0.3, 0.4) is 0 Å². The molecule has 0 unspecified atom stereocenters. The van der Waals surface area contributed by atoms with E-state index in [-0.39, 0.29) is 23.3 Å². The number of nitrogens with one attached hydrogen (secondary N) is 1. The summed E-state index contributed by atoms with van der Waals surface area (Å²) in [5.74, 6) is 0. The summed E-state index contributed by atoms with van der Waals surface area (Å²) in [5, 5.41) is 4.73. The van der Waals surface area contributed by atoms with Gasteiger partial charge in [0.15, 0.2) is 8.32 Å². The number of hydrogen-bond acceptors (Lipinski definition) is 4. The second-order valence-electron chi connectivity index (χ2n) is 10.5. The highest BCUT2D eigenvalue weighted by Crippen LogP contribution is 2.39. The topological polar surface area (TPSA) is 50.8 Å². The summed E-state index contributed by atoms with van der Waals surface area (Å²) in [6, 6.07) is 5.27. The molecule has 0 spiro atoms. The van der Waals surface area contributed by atoms with Crippen molar-refractivity contribution in [3.05, 3.63) is 28.2 Å². The Hall–Kier alpha value is -0.953. The Morgan fingerprint density at radius 2 is 1.67 bits per heavy atom. The number of ether oxygens (including phenoxy) is 1. The molecule has 2 atom stereocenters. The lowest BCUT2D eigenvalue weighted by Crippen LogP contribution is -2.57. The van der Waals surface area contributed by atoms with Crippen LogP contribution in [0.5, 0.6) is 0 Å². The summed E-state index contributed by atoms with van der Waals surface area (Å²) in [4.78, 5) is 14.4. The molecule has 8 heteroatoms. The van der Waals surface area contributed by atoms with Gasteiger partial charge in [-0.15, -0.1) is 0 Å². The minimum Gasteiger partial charge on any atom is -0.444 e. The molecule has 1 fully saturated rings. The molecule has 1 aliphatic heterocycles. The second-order valence-corrected chi connectivity index (χ2v) is 16.2. The molecule has 0 saturated carbocycles. The van der Waals surface area contributed by atoms with Crippen molar-refractivity contribution in [3.63, 3.8) is 0 Å². The standard InChI is InChI=1S/C22H36Cl2N2O3Si/c1-21(2,3)28-20(27)26-10-9-19(29-30(7,8)22(4,5)6)18(14-26)25-17-12-15(23)11-16(24)13-17/h11-13,18-19,25H,9-10,14H2,1-8H3/t18-,19-/m0/s1. The Bertz CT molecular complexity index is 739. The smallest absolute Gasteiger partial charge is 0.410 e. The van der Waals surface area contributed by atoms with Crippen LogP contribution in [0.4, 0.5) is 10.5 Å². The first-order chi connectivity index (χ1) is 13.6. The molecule has 1 saturated heterocycles. The van der Waals surface area contributed by atoms with Gasteiger partial charge in [0, 0.05) is 28.8 Å². The number of nitrogens with zero attached hydrogens (tertiary/aromatic N) is 1. The summed E-state index contributed by atoms with van der Waals surface area (Å²) in [5.41, 5.74) is 0.280. The molecule has 0 aliphatic carbocycles. The fraction of sp³-hybridized carbons (Fsp3) is 0.682. The highest BCUT2D eigenvalue weighted by molar-refractivity contribution is 6.74. The fourth-order valence-electron chi connectivity index (χ4n) is 3.11. The maximum Gasteiger partial charge on any atom is 0.410 e. The third-order valence-corrected chi connectivity index (χ3v) is 10.6. The Labute approximate surface area is 192 Å². The molecule has 0 bridgehead atoms. The lowest BCUT2D eigenvalue weighted by molar-refractivity contribution is 0.00857. The van der Waals surface area contributed by atoms with Crippen LogP contribution in [0.1, 0.15) is 48.0 Å². The van der Waals surface area contributed by atoms with Gasteiger partial charge in [0.1, 0.15) is 5.60 Å². The third kappa shape index (κ3) is 7.04. The van der Waals surface area contributed by atoms with E-state index < -0.39 is 13.9 Å². The van der Waals surface area contributed by atoms with Crippen molar-refractivity contribution < 1.29 is 14.0 Å². The summed E-state index contributed by atoms with van der Waals surface area (Å²) in [6.07, 6.45) is 0.407. The zero-order valence-electron chi connectivity index (χ0n) is 19.4. The maximum absolute atomic E-state index is 12.7. The number of piperidine rings is 1. The third-order valence-electron chi connectivity index (χ3n) is 5.67. The molecule has 170 valence electrons. The first kappa shape index (κ1) is 25.3. The molecule has 5 nitrogen and oxygen atoms in total. The van der Waals surface area contributed by atoms with Crippen molar-refractivity contribution in [2.75, 3.05) is 18.4 Å². The van der Waals surface area contributed by atoms with E-state index in [2.05, 4.69) is 39.2 Å². The second kappa shape index (κ2) is 9.27. The van der Waals surface area contributed by atoms with Crippen molar-refractivity contribution in [2.45, 2.75) is 83.8 Å². The van der Waals surface area contributed by atoms with Gasteiger partial charge in [0.25, 0.3) is 0 Å². The molecule has 0 radical (unpaired) electrons. The molecule has 0 aromatic heterocycles. The summed E-state index contributed by atoms with van der Waals surface area (Å²) in [7, 11) is -1.99. The van der Waals surface area contributed by atoms with Crippen LogP contribution in [0.25, 0.3) is 0 Å². The highest BCUT2D eigenvalue weighted by Gasteiger charge is 2.43. The zero-order chi connectivity index (χ0) is 22.9. The number of rotatable bonds is 4. The number of likely N-dealkylation sites (tertiary alicyclic amines) is 1. The Kier molecular flexibility index (Phi) is 7.82. The van der Waals surface area contributed by atoms with Crippen LogP contribution < -0.4 is 5.32 Å². The van der Waals surface area contributed by atoms with Crippen LogP contribution in [0.15, 0.2) is 18.2 Å². The van der Waals surface area contributed by atoms with Crippen molar-refractivity contribution in [2.24, 2.45) is 0 Å². The van der Waals surface area contributed by atoms with Gasteiger partial charge in [-0.2, -0.15) is 0 Å². The summed E-state index contributed by atoms with van der Waals surface area (Å²) < 4.78 is 12.3. The highest BCUT2D eigenvalue weighted by atomic mass is 35.5. The van der Waals surface area contributed by atoms with Crippen molar-refractivity contribution in [3.8, 4) is 0 Å². The molecule has 1 aromatic carbocycles. The number of carbonyl (C=O) groups is 1. The SMILES string of the molecule is CC(C)(C)OC(=O)N1CC[C@H](O[Si](C)(C)C(C)(C)C)[C@@H](Nc2cc(Cl)cc(Cl)c2)C1. The van der Waals surface area contributed by atoms with Gasteiger partial charge in [-0.3, -0.25) is 0 Å². The largest absolute Gasteiger partial charge is 0.444 e. The molecular formula is C22H36Cl2N2O3Si. The van der Waals surface area contributed by atoms with Gasteiger partial charge >= 0.3 is 6.09 Å². The van der Waals surface area contributed by atoms with Crippen LogP contribution in [-0.4, -0.2) is 50.1 Å². The monoisotopic (exact) mass is 474 g/mol. The number of amides is 1. The average Bonchev–Trinajstić information content (AvgIpc) is 2.52. The lowest BCUT2D eigenvalue weighted by atomic mass is 10.0. The number of hydrogen-bond donors (Lipinski definition) is 1.